The zero-order valence-corrected chi connectivity index (χ0v) is 32.7. The Hall–Kier alpha value is -1.98. The molecule has 10 nitrogen and oxygen atoms in total. The average molecular weight is 667 g/mol. The van der Waals surface area contributed by atoms with Gasteiger partial charge in [-0.3, -0.25) is 9.59 Å². The van der Waals surface area contributed by atoms with Gasteiger partial charge in [0, 0.05) is 37.7 Å². The van der Waals surface area contributed by atoms with Crippen LogP contribution in [-0.2, 0) is 25.3 Å². The number of hydrogen-bond acceptors (Lipinski definition) is 6. The third-order valence-electron chi connectivity index (χ3n) is 5.93. The zero-order chi connectivity index (χ0) is 36.4. The molecule has 0 aromatic carbocycles. The van der Waals surface area contributed by atoms with E-state index >= 15 is 0 Å². The van der Waals surface area contributed by atoms with Crippen molar-refractivity contribution in [2.45, 2.75) is 140 Å². The minimum atomic E-state index is -1.14. The summed E-state index contributed by atoms with van der Waals surface area (Å²) >= 11 is 0. The highest BCUT2D eigenvalue weighted by Crippen LogP contribution is 2.23. The van der Waals surface area contributed by atoms with Crippen molar-refractivity contribution in [2.75, 3.05) is 47.0 Å². The van der Waals surface area contributed by atoms with E-state index < -0.39 is 29.2 Å². The largest absolute Gasteiger partial charge is 0.481 e. The van der Waals surface area contributed by atoms with Crippen LogP contribution < -0.4 is 10.6 Å². The first-order valence-corrected chi connectivity index (χ1v) is 18.3. The molecule has 0 bridgehead atoms. The molecule has 2 amide bonds. The van der Waals surface area contributed by atoms with Crippen LogP contribution in [0.5, 0.6) is 0 Å². The second kappa shape index (κ2) is 36.5. The highest BCUT2D eigenvalue weighted by Gasteiger charge is 2.31. The number of allylic oxidation sites excluding steroid dienone is 2. The number of aliphatic carboxylic acids is 1. The Morgan fingerprint density at radius 2 is 1.53 bits per heavy atom. The number of carbonyl (C=O) groups excluding carboxylic acids is 2. The van der Waals surface area contributed by atoms with Crippen LogP contribution >= 0.6 is 0 Å². The van der Waals surface area contributed by atoms with Gasteiger partial charge in [-0.15, -0.1) is 0 Å². The molecule has 1 heterocycles. The standard InChI is InChI=1S/C16H31N3O4S.C10H20.C2H7N.C2H4O2.2C2H6/c1-12-8-7-9-19(12)14(20)10-17-15(21)23-13(16(2,3)4)11-18(5)24(6)22;1-3-5-7-9-10-8-6-4-2;1-3-2;1-2(3)4;2*1-2/h12-13H,7-11H2,1-6H3,(H,17,21);7,9H,3-6,8,10H2,1-2H3;3H,1-2H3;1H3,(H,3,4);2*1-2H3/b;9-7-;;;;/t12-,13?,24?;;;;;/m1...../s1. The fourth-order valence-corrected chi connectivity index (χ4v) is 3.81. The van der Waals surface area contributed by atoms with Crippen molar-refractivity contribution in [2.24, 2.45) is 5.41 Å². The summed E-state index contributed by atoms with van der Waals surface area (Å²) in [5, 5.41) is 12.7. The zero-order valence-electron chi connectivity index (χ0n) is 31.9. The molecule has 1 aliphatic rings. The van der Waals surface area contributed by atoms with E-state index in [9.17, 15) is 13.8 Å². The maximum absolute atomic E-state index is 12.1. The number of carbonyl (C=O) groups is 3. The van der Waals surface area contributed by atoms with Gasteiger partial charge in [0.25, 0.3) is 5.97 Å². The lowest BCUT2D eigenvalue weighted by Crippen LogP contribution is -2.46. The Balaban J connectivity index is -0.000000209. The third kappa shape index (κ3) is 38.1. The molecule has 45 heavy (non-hydrogen) atoms. The molecule has 0 saturated carbocycles. The number of hydrogen-bond donors (Lipinski definition) is 3. The van der Waals surface area contributed by atoms with Crippen LogP contribution in [0, 0.1) is 5.41 Å². The van der Waals surface area contributed by atoms with Crippen molar-refractivity contribution >= 4 is 29.0 Å². The average Bonchev–Trinajstić information content (AvgIpc) is 3.41. The molecule has 3 atom stereocenters. The number of ether oxygens (including phenoxy) is 1. The van der Waals surface area contributed by atoms with Gasteiger partial charge in [0.1, 0.15) is 12.6 Å². The number of carboxylic acid groups (broad SMARTS) is 1. The molecule has 2 unspecified atom stereocenters. The molecule has 11 heteroatoms. The Labute approximate surface area is 281 Å². The van der Waals surface area contributed by atoms with E-state index in [1.54, 1.807) is 22.5 Å². The molecule has 0 aromatic rings. The Morgan fingerprint density at radius 3 is 1.91 bits per heavy atom. The molecule has 1 aliphatic heterocycles. The van der Waals surface area contributed by atoms with E-state index in [-0.39, 0.29) is 23.9 Å². The van der Waals surface area contributed by atoms with E-state index in [0.29, 0.717) is 6.54 Å². The predicted molar refractivity (Wildman–Crippen MR) is 194 cm³/mol. The monoisotopic (exact) mass is 667 g/mol. The second-order valence-electron chi connectivity index (χ2n) is 11.2. The van der Waals surface area contributed by atoms with Crippen molar-refractivity contribution in [3.05, 3.63) is 12.2 Å². The van der Waals surface area contributed by atoms with Gasteiger partial charge in [0.2, 0.25) is 5.91 Å². The Kier molecular flexibility index (Phi) is 42.6. The molecular weight excluding hydrogens is 592 g/mol. The number of amides is 2. The summed E-state index contributed by atoms with van der Waals surface area (Å²) in [7, 11) is 4.33. The lowest BCUT2D eigenvalue weighted by atomic mass is 9.89. The van der Waals surface area contributed by atoms with Crippen molar-refractivity contribution in [3.63, 3.8) is 0 Å². The summed E-state index contributed by atoms with van der Waals surface area (Å²) < 4.78 is 18.6. The molecule has 272 valence electrons. The van der Waals surface area contributed by atoms with Crippen LogP contribution in [0.2, 0.25) is 0 Å². The number of carboxylic acids is 1. The van der Waals surface area contributed by atoms with Crippen molar-refractivity contribution in [1.82, 2.24) is 19.8 Å². The minimum absolute atomic E-state index is 0.0599. The molecule has 3 N–H and O–H groups in total. The summed E-state index contributed by atoms with van der Waals surface area (Å²) in [6, 6.07) is 0.228. The van der Waals surface area contributed by atoms with Crippen molar-refractivity contribution in [1.29, 1.82) is 0 Å². The molecule has 1 fully saturated rings. The van der Waals surface area contributed by atoms with E-state index in [1.165, 1.54) is 38.5 Å². The van der Waals surface area contributed by atoms with Gasteiger partial charge in [-0.05, 0) is 60.2 Å². The Bertz CT molecular complexity index is 741. The number of nitrogens with zero attached hydrogens (tertiary/aromatic N) is 2. The fraction of sp³-hybridized carbons (Fsp3) is 0.853. The van der Waals surface area contributed by atoms with Gasteiger partial charge in [-0.2, -0.15) is 0 Å². The van der Waals surface area contributed by atoms with Gasteiger partial charge in [-0.1, -0.05) is 93.7 Å². The van der Waals surface area contributed by atoms with Crippen LogP contribution in [0.15, 0.2) is 12.2 Å². The third-order valence-corrected chi connectivity index (χ3v) is 6.96. The molecule has 0 aliphatic carbocycles. The van der Waals surface area contributed by atoms with E-state index in [4.69, 9.17) is 14.6 Å². The van der Waals surface area contributed by atoms with Crippen LogP contribution in [0.1, 0.15) is 128 Å². The predicted octanol–water partition coefficient (Wildman–Crippen LogP) is 7.27. The molecule has 0 radical (unpaired) electrons. The first kappa shape index (κ1) is 52.5. The molecule has 0 aromatic heterocycles. The fourth-order valence-electron chi connectivity index (χ4n) is 3.46. The van der Waals surface area contributed by atoms with E-state index in [1.807, 2.05) is 69.5 Å². The number of unbranched alkanes of at least 4 members (excludes halogenated alkanes) is 4. The summed E-state index contributed by atoms with van der Waals surface area (Å²) in [6.07, 6.45) is 15.1. The van der Waals surface area contributed by atoms with E-state index in [0.717, 1.165) is 26.3 Å². The van der Waals surface area contributed by atoms with Gasteiger partial charge < -0.3 is 25.4 Å². The molecule has 1 rings (SSSR count). The number of nitrogens with one attached hydrogen (secondary N) is 2. The first-order valence-electron chi connectivity index (χ1n) is 16.8. The number of rotatable bonds is 12. The van der Waals surface area contributed by atoms with Crippen LogP contribution in [0.25, 0.3) is 0 Å². The lowest BCUT2D eigenvalue weighted by Gasteiger charge is -2.32. The first-order chi connectivity index (χ1) is 21.1. The van der Waals surface area contributed by atoms with Gasteiger partial charge in [-0.25, -0.2) is 13.3 Å². The summed E-state index contributed by atoms with van der Waals surface area (Å²) in [5.74, 6) is -0.920. The van der Waals surface area contributed by atoms with Crippen LogP contribution in [0.4, 0.5) is 4.79 Å². The van der Waals surface area contributed by atoms with Gasteiger partial charge in [0.15, 0.2) is 0 Å². The molecule has 0 spiro atoms. The van der Waals surface area contributed by atoms with Gasteiger partial charge >= 0.3 is 6.09 Å². The van der Waals surface area contributed by atoms with Crippen LogP contribution in [-0.4, -0.2) is 95.7 Å². The smallest absolute Gasteiger partial charge is 0.407 e. The van der Waals surface area contributed by atoms with E-state index in [2.05, 4.69) is 36.6 Å². The minimum Gasteiger partial charge on any atom is -0.481 e. The molecule has 1 saturated heterocycles. The number of alkyl carbamates (subject to hydrolysis) is 1. The maximum atomic E-state index is 12.1. The number of likely N-dealkylation sites (N-methyl/N-ethyl adjacent to an activating group) is 1. The summed E-state index contributed by atoms with van der Waals surface area (Å²) in [5.41, 5.74) is -0.307. The van der Waals surface area contributed by atoms with Gasteiger partial charge in [0.05, 0.1) is 11.0 Å². The quantitative estimate of drug-likeness (QED) is 0.148. The Morgan fingerprint density at radius 1 is 1.04 bits per heavy atom. The van der Waals surface area contributed by atoms with Crippen LogP contribution in [0.3, 0.4) is 0 Å². The topological polar surface area (TPSA) is 128 Å². The second-order valence-corrected chi connectivity index (χ2v) is 12.7. The normalized spacial score (nSPS) is 14.8. The highest BCUT2D eigenvalue weighted by molar-refractivity contribution is 7.81. The summed E-state index contributed by atoms with van der Waals surface area (Å²) in [4.78, 5) is 35.0. The number of likely N-dealkylation sites (tertiary alicyclic amines) is 1. The highest BCUT2D eigenvalue weighted by atomic mass is 32.2. The molecular formula is C34H74N4O6S. The SMILES string of the molecule is CC.CC.CC(=O)O.CCC/C=C\CCCCC.CNC.C[C@@H]1CCCN1C(=O)CNC(=O)OC(CN(C)S(C)=O)C(C)(C)C. The maximum Gasteiger partial charge on any atom is 0.407 e. The van der Waals surface area contributed by atoms with Crippen molar-refractivity contribution in [3.8, 4) is 0 Å². The summed E-state index contributed by atoms with van der Waals surface area (Å²) in [6.45, 7) is 22.5. The lowest BCUT2D eigenvalue weighted by molar-refractivity contribution is -0.134. The van der Waals surface area contributed by atoms with Crippen molar-refractivity contribution < 1.29 is 28.4 Å².